The first kappa shape index (κ1) is 21.3. The van der Waals surface area contributed by atoms with Gasteiger partial charge in [0.05, 0.1) is 17.7 Å². The minimum Gasteiger partial charge on any atom is -0.497 e. The lowest BCUT2D eigenvalue weighted by molar-refractivity contribution is 0.383. The lowest BCUT2D eigenvalue weighted by atomic mass is 10.1. The first-order valence-electron chi connectivity index (χ1n) is 10.2. The number of aromatic nitrogens is 2. The van der Waals surface area contributed by atoms with Crippen LogP contribution < -0.4 is 9.64 Å². The topological polar surface area (TPSA) is 75.6 Å². The van der Waals surface area contributed by atoms with Gasteiger partial charge in [0, 0.05) is 31.7 Å². The summed E-state index contributed by atoms with van der Waals surface area (Å²) in [5, 5.41) is 8.71. The number of hydrogen-bond acceptors (Lipinski definition) is 6. The number of rotatable bonds is 5. The van der Waals surface area contributed by atoms with Gasteiger partial charge < -0.3 is 9.64 Å². The zero-order valence-electron chi connectivity index (χ0n) is 17.9. The molecule has 1 fully saturated rings. The summed E-state index contributed by atoms with van der Waals surface area (Å²) in [5.41, 5.74) is 3.80. The van der Waals surface area contributed by atoms with Gasteiger partial charge in [0.25, 0.3) is 0 Å². The molecule has 4 rings (SSSR count). The quantitative estimate of drug-likeness (QED) is 0.609. The minimum atomic E-state index is -3.50. The van der Waals surface area contributed by atoms with Crippen molar-refractivity contribution in [3.8, 4) is 17.0 Å². The number of nitrogens with zero attached hydrogens (tertiary/aromatic N) is 4. The molecule has 1 saturated heterocycles. The second-order valence-corrected chi connectivity index (χ2v) is 9.58. The zero-order valence-corrected chi connectivity index (χ0v) is 18.8. The van der Waals surface area contributed by atoms with E-state index in [2.05, 4.69) is 15.1 Å². The fourth-order valence-electron chi connectivity index (χ4n) is 3.59. The van der Waals surface area contributed by atoms with E-state index in [0.29, 0.717) is 31.1 Å². The molecule has 3 aromatic rings. The van der Waals surface area contributed by atoms with Gasteiger partial charge in [-0.2, -0.15) is 4.31 Å². The van der Waals surface area contributed by atoms with Crippen LogP contribution in [0.5, 0.6) is 5.75 Å². The SMILES string of the molecule is COc1ccc(-c2ccc(N3CCN(S(=O)(=O)c4ccc(C)c(C)c4)CC3)nn2)cc1. The van der Waals surface area contributed by atoms with E-state index in [1.165, 1.54) is 0 Å². The number of benzene rings is 2. The van der Waals surface area contributed by atoms with Gasteiger partial charge in [-0.3, -0.25) is 0 Å². The molecule has 162 valence electrons. The fraction of sp³-hybridized carbons (Fsp3) is 0.304. The van der Waals surface area contributed by atoms with Crippen LogP contribution in [0.25, 0.3) is 11.3 Å². The van der Waals surface area contributed by atoms with E-state index in [-0.39, 0.29) is 0 Å². The highest BCUT2D eigenvalue weighted by atomic mass is 32.2. The van der Waals surface area contributed by atoms with Crippen molar-refractivity contribution in [2.75, 3.05) is 38.2 Å². The monoisotopic (exact) mass is 438 g/mol. The van der Waals surface area contributed by atoms with Gasteiger partial charge in [0.15, 0.2) is 5.82 Å². The second kappa shape index (κ2) is 8.64. The van der Waals surface area contributed by atoms with Crippen molar-refractivity contribution >= 4 is 15.8 Å². The Morgan fingerprint density at radius 3 is 2.13 bits per heavy atom. The first-order valence-corrected chi connectivity index (χ1v) is 11.6. The van der Waals surface area contributed by atoms with E-state index >= 15 is 0 Å². The number of piperazine rings is 1. The zero-order chi connectivity index (χ0) is 22.0. The molecule has 31 heavy (non-hydrogen) atoms. The number of ether oxygens (including phenoxy) is 1. The molecule has 7 nitrogen and oxygen atoms in total. The summed E-state index contributed by atoms with van der Waals surface area (Å²) in [6.07, 6.45) is 0. The number of hydrogen-bond donors (Lipinski definition) is 0. The number of methoxy groups -OCH3 is 1. The molecule has 0 radical (unpaired) electrons. The highest BCUT2D eigenvalue weighted by molar-refractivity contribution is 7.89. The number of aryl methyl sites for hydroxylation is 2. The van der Waals surface area contributed by atoms with Crippen LogP contribution in [0.2, 0.25) is 0 Å². The minimum absolute atomic E-state index is 0.354. The summed E-state index contributed by atoms with van der Waals surface area (Å²) in [5.74, 6) is 1.54. The van der Waals surface area contributed by atoms with Gasteiger partial charge in [-0.1, -0.05) is 6.07 Å². The van der Waals surface area contributed by atoms with Crippen LogP contribution in [-0.4, -0.2) is 56.2 Å². The van der Waals surface area contributed by atoms with Crippen LogP contribution in [0.15, 0.2) is 59.5 Å². The molecule has 0 N–H and O–H groups in total. The van der Waals surface area contributed by atoms with Crippen molar-refractivity contribution in [3.63, 3.8) is 0 Å². The molecule has 0 aliphatic carbocycles. The predicted octanol–water partition coefficient (Wildman–Crippen LogP) is 3.28. The van der Waals surface area contributed by atoms with E-state index in [9.17, 15) is 8.42 Å². The van der Waals surface area contributed by atoms with Crippen molar-refractivity contribution < 1.29 is 13.2 Å². The average Bonchev–Trinajstić information content (AvgIpc) is 2.81. The normalized spacial score (nSPS) is 15.1. The van der Waals surface area contributed by atoms with Gasteiger partial charge in [0.1, 0.15) is 5.75 Å². The van der Waals surface area contributed by atoms with E-state index in [1.807, 2.05) is 56.3 Å². The fourth-order valence-corrected chi connectivity index (χ4v) is 5.10. The van der Waals surface area contributed by atoms with Crippen LogP contribution in [0.3, 0.4) is 0 Å². The van der Waals surface area contributed by atoms with Gasteiger partial charge in [-0.15, -0.1) is 10.2 Å². The Morgan fingerprint density at radius 1 is 0.839 bits per heavy atom. The molecule has 0 bridgehead atoms. The van der Waals surface area contributed by atoms with E-state index in [0.717, 1.165) is 34.0 Å². The molecule has 1 aromatic heterocycles. The van der Waals surface area contributed by atoms with Crippen molar-refractivity contribution in [1.29, 1.82) is 0 Å². The Bertz CT molecular complexity index is 1150. The molecule has 2 heterocycles. The first-order chi connectivity index (χ1) is 14.9. The molecule has 0 amide bonds. The molecule has 1 aliphatic heterocycles. The molecule has 0 spiro atoms. The molecule has 0 atom stereocenters. The van der Waals surface area contributed by atoms with E-state index < -0.39 is 10.0 Å². The molecule has 0 saturated carbocycles. The molecule has 8 heteroatoms. The molecule has 1 aliphatic rings. The lowest BCUT2D eigenvalue weighted by Gasteiger charge is -2.34. The van der Waals surface area contributed by atoms with Gasteiger partial charge >= 0.3 is 0 Å². The van der Waals surface area contributed by atoms with Crippen LogP contribution in [-0.2, 0) is 10.0 Å². The third-order valence-corrected chi connectivity index (χ3v) is 7.61. The number of sulfonamides is 1. The Balaban J connectivity index is 1.42. The summed E-state index contributed by atoms with van der Waals surface area (Å²) in [7, 11) is -1.86. The standard InChI is InChI=1S/C23H26N4O3S/c1-17-4-9-21(16-18(17)2)31(28,29)27-14-12-26(13-15-27)23-11-10-22(24-25-23)19-5-7-20(30-3)8-6-19/h4-11,16H,12-15H2,1-3H3. The Morgan fingerprint density at radius 2 is 1.55 bits per heavy atom. The predicted molar refractivity (Wildman–Crippen MR) is 121 cm³/mol. The van der Waals surface area contributed by atoms with Crippen LogP contribution in [0.1, 0.15) is 11.1 Å². The van der Waals surface area contributed by atoms with Gasteiger partial charge in [-0.05, 0) is 73.5 Å². The Kier molecular flexibility index (Phi) is 5.93. The third kappa shape index (κ3) is 4.40. The van der Waals surface area contributed by atoms with E-state index in [4.69, 9.17) is 4.74 Å². The highest BCUT2D eigenvalue weighted by Gasteiger charge is 2.29. The smallest absolute Gasteiger partial charge is 0.243 e. The molecular formula is C23H26N4O3S. The highest BCUT2D eigenvalue weighted by Crippen LogP contribution is 2.24. The maximum absolute atomic E-state index is 13.0. The lowest BCUT2D eigenvalue weighted by Crippen LogP contribution is -2.49. The van der Waals surface area contributed by atoms with Crippen molar-refractivity contribution in [1.82, 2.24) is 14.5 Å². The maximum atomic E-state index is 13.0. The van der Waals surface area contributed by atoms with Crippen LogP contribution >= 0.6 is 0 Å². The van der Waals surface area contributed by atoms with Crippen LogP contribution in [0, 0.1) is 13.8 Å². The summed E-state index contributed by atoms with van der Waals surface area (Å²) in [6.45, 7) is 5.88. The third-order valence-electron chi connectivity index (χ3n) is 5.72. The van der Waals surface area contributed by atoms with Crippen molar-refractivity contribution in [2.24, 2.45) is 0 Å². The van der Waals surface area contributed by atoms with E-state index in [1.54, 1.807) is 23.5 Å². The largest absolute Gasteiger partial charge is 0.497 e. The van der Waals surface area contributed by atoms with Crippen molar-refractivity contribution in [3.05, 3.63) is 65.7 Å². The molecular weight excluding hydrogens is 412 g/mol. The summed E-state index contributed by atoms with van der Waals surface area (Å²) in [6, 6.07) is 16.8. The maximum Gasteiger partial charge on any atom is 0.243 e. The Hall–Kier alpha value is -2.97. The van der Waals surface area contributed by atoms with Crippen LogP contribution in [0.4, 0.5) is 5.82 Å². The second-order valence-electron chi connectivity index (χ2n) is 7.64. The van der Waals surface area contributed by atoms with Gasteiger partial charge in [-0.25, -0.2) is 8.42 Å². The molecule has 2 aromatic carbocycles. The summed E-state index contributed by atoms with van der Waals surface area (Å²) < 4.78 is 32.8. The Labute approximate surface area is 183 Å². The average molecular weight is 439 g/mol. The number of anilines is 1. The molecule has 0 unspecified atom stereocenters. The summed E-state index contributed by atoms with van der Waals surface area (Å²) in [4.78, 5) is 2.42. The van der Waals surface area contributed by atoms with Crippen molar-refractivity contribution in [2.45, 2.75) is 18.7 Å². The summed E-state index contributed by atoms with van der Waals surface area (Å²) >= 11 is 0. The van der Waals surface area contributed by atoms with Gasteiger partial charge in [0.2, 0.25) is 10.0 Å².